The van der Waals surface area contributed by atoms with Gasteiger partial charge in [0.05, 0.1) is 6.61 Å². The molecule has 4 nitrogen and oxygen atoms in total. The van der Waals surface area contributed by atoms with Crippen molar-refractivity contribution in [1.29, 1.82) is 0 Å². The van der Waals surface area contributed by atoms with Crippen molar-refractivity contribution in [1.82, 2.24) is 9.88 Å². The molecule has 0 unspecified atom stereocenters. The largest absolute Gasteiger partial charge is 0.433 e. The van der Waals surface area contributed by atoms with E-state index in [0.29, 0.717) is 25.5 Å². The number of hydrogen-bond donors (Lipinski definition) is 1. The van der Waals surface area contributed by atoms with Crippen LogP contribution in [0.3, 0.4) is 0 Å². The van der Waals surface area contributed by atoms with E-state index in [2.05, 4.69) is 9.88 Å². The highest BCUT2D eigenvalue weighted by atomic mass is 19.4. The summed E-state index contributed by atoms with van der Waals surface area (Å²) in [4.78, 5) is 7.69. The lowest BCUT2D eigenvalue weighted by molar-refractivity contribution is -0.141. The minimum atomic E-state index is -4.41. The topological polar surface area (TPSA) is 39.6 Å². The highest BCUT2D eigenvalue weighted by Crippen LogP contribution is 2.29. The van der Waals surface area contributed by atoms with Crippen molar-refractivity contribution in [3.63, 3.8) is 0 Å². The first-order valence-corrected chi connectivity index (χ1v) is 6.63. The van der Waals surface area contributed by atoms with Gasteiger partial charge in [0, 0.05) is 26.2 Å². The second-order valence-corrected chi connectivity index (χ2v) is 4.78. The van der Waals surface area contributed by atoms with E-state index in [4.69, 9.17) is 5.11 Å². The third-order valence-electron chi connectivity index (χ3n) is 3.35. The normalized spacial score (nSPS) is 18.1. The molecule has 0 amide bonds. The molecule has 112 valence electrons. The first kappa shape index (κ1) is 15.1. The van der Waals surface area contributed by atoms with Crippen LogP contribution in [0.4, 0.5) is 19.0 Å². The third kappa shape index (κ3) is 3.83. The number of aromatic nitrogens is 1. The van der Waals surface area contributed by atoms with E-state index >= 15 is 0 Å². The number of alkyl halides is 3. The molecule has 1 aromatic heterocycles. The van der Waals surface area contributed by atoms with Crippen LogP contribution in [0.5, 0.6) is 0 Å². The number of halogens is 3. The quantitative estimate of drug-likeness (QED) is 0.917. The standard InChI is InChI=1S/C13H18F3N3O/c14-13(15,16)11-3-1-4-12(17-11)19-6-2-5-18(7-8-19)9-10-20/h1,3-4,20H,2,5-10H2. The van der Waals surface area contributed by atoms with Crippen LogP contribution >= 0.6 is 0 Å². The van der Waals surface area contributed by atoms with Gasteiger partial charge in [0.1, 0.15) is 11.5 Å². The predicted octanol–water partition coefficient (Wildman–Crippen LogP) is 1.60. The van der Waals surface area contributed by atoms with Gasteiger partial charge in [-0.2, -0.15) is 13.2 Å². The summed E-state index contributed by atoms with van der Waals surface area (Å²) in [6, 6.07) is 3.98. The Bertz CT molecular complexity index is 439. The zero-order chi connectivity index (χ0) is 14.6. The van der Waals surface area contributed by atoms with Crippen molar-refractivity contribution in [2.75, 3.05) is 44.2 Å². The fourth-order valence-corrected chi connectivity index (χ4v) is 2.32. The number of rotatable bonds is 3. The Hall–Kier alpha value is -1.34. The molecule has 0 atom stereocenters. The number of aliphatic hydroxyl groups excluding tert-OH is 1. The zero-order valence-corrected chi connectivity index (χ0v) is 11.1. The Balaban J connectivity index is 2.08. The molecule has 0 spiro atoms. The molecule has 0 aliphatic carbocycles. The fraction of sp³-hybridized carbons (Fsp3) is 0.615. The van der Waals surface area contributed by atoms with E-state index in [-0.39, 0.29) is 6.61 Å². The van der Waals surface area contributed by atoms with Crippen LogP contribution < -0.4 is 4.90 Å². The van der Waals surface area contributed by atoms with E-state index in [0.717, 1.165) is 25.6 Å². The highest BCUT2D eigenvalue weighted by molar-refractivity contribution is 5.40. The second kappa shape index (κ2) is 6.41. The maximum absolute atomic E-state index is 12.7. The molecular formula is C13H18F3N3O. The number of aliphatic hydroxyl groups is 1. The Labute approximate surface area is 115 Å². The summed E-state index contributed by atoms with van der Waals surface area (Å²) >= 11 is 0. The summed E-state index contributed by atoms with van der Waals surface area (Å²) in [6.07, 6.45) is -3.57. The van der Waals surface area contributed by atoms with Crippen molar-refractivity contribution in [3.8, 4) is 0 Å². The van der Waals surface area contributed by atoms with Gasteiger partial charge >= 0.3 is 6.18 Å². The van der Waals surface area contributed by atoms with Crippen molar-refractivity contribution in [3.05, 3.63) is 23.9 Å². The van der Waals surface area contributed by atoms with Crippen LogP contribution in [-0.2, 0) is 6.18 Å². The second-order valence-electron chi connectivity index (χ2n) is 4.78. The van der Waals surface area contributed by atoms with Crippen molar-refractivity contribution < 1.29 is 18.3 Å². The SMILES string of the molecule is OCCN1CCCN(c2cccc(C(F)(F)F)n2)CC1. The van der Waals surface area contributed by atoms with Gasteiger partial charge in [-0.15, -0.1) is 0 Å². The van der Waals surface area contributed by atoms with Gasteiger partial charge in [0.15, 0.2) is 0 Å². The molecule has 0 bridgehead atoms. The van der Waals surface area contributed by atoms with E-state index in [1.165, 1.54) is 6.07 Å². The molecule has 7 heteroatoms. The van der Waals surface area contributed by atoms with Crippen LogP contribution in [0, 0.1) is 0 Å². The average Bonchev–Trinajstić information content (AvgIpc) is 2.64. The molecule has 1 fully saturated rings. The number of nitrogens with zero attached hydrogens (tertiary/aromatic N) is 3. The zero-order valence-electron chi connectivity index (χ0n) is 11.1. The first-order valence-electron chi connectivity index (χ1n) is 6.63. The van der Waals surface area contributed by atoms with Crippen LogP contribution in [0.2, 0.25) is 0 Å². The van der Waals surface area contributed by atoms with E-state index in [1.54, 1.807) is 6.07 Å². The minimum Gasteiger partial charge on any atom is -0.395 e. The van der Waals surface area contributed by atoms with Gasteiger partial charge in [0.25, 0.3) is 0 Å². The molecule has 1 aliphatic rings. The molecule has 1 aromatic rings. The summed E-state index contributed by atoms with van der Waals surface area (Å²) in [6.45, 7) is 3.56. The van der Waals surface area contributed by atoms with Gasteiger partial charge in [-0.05, 0) is 25.1 Å². The first-order chi connectivity index (χ1) is 9.50. The third-order valence-corrected chi connectivity index (χ3v) is 3.35. The molecule has 0 radical (unpaired) electrons. The van der Waals surface area contributed by atoms with Gasteiger partial charge in [-0.1, -0.05) is 6.07 Å². The van der Waals surface area contributed by atoms with Crippen LogP contribution in [0.1, 0.15) is 12.1 Å². The lowest BCUT2D eigenvalue weighted by Gasteiger charge is -2.23. The van der Waals surface area contributed by atoms with Gasteiger partial charge in [0.2, 0.25) is 0 Å². The lowest BCUT2D eigenvalue weighted by atomic mass is 10.3. The molecule has 20 heavy (non-hydrogen) atoms. The fourth-order valence-electron chi connectivity index (χ4n) is 2.32. The van der Waals surface area contributed by atoms with Crippen molar-refractivity contribution in [2.24, 2.45) is 0 Å². The summed E-state index contributed by atoms with van der Waals surface area (Å²) in [7, 11) is 0. The van der Waals surface area contributed by atoms with E-state index < -0.39 is 11.9 Å². The summed E-state index contributed by atoms with van der Waals surface area (Å²) in [5.41, 5.74) is -0.855. The number of hydrogen-bond acceptors (Lipinski definition) is 4. The number of β-amino-alcohol motifs (C(OH)–C–C–N with tert-alkyl or cyclic N) is 1. The van der Waals surface area contributed by atoms with Crippen molar-refractivity contribution in [2.45, 2.75) is 12.6 Å². The highest BCUT2D eigenvalue weighted by Gasteiger charge is 2.32. The Morgan fingerprint density at radius 3 is 2.65 bits per heavy atom. The molecule has 2 heterocycles. The molecular weight excluding hydrogens is 271 g/mol. The minimum absolute atomic E-state index is 0.0990. The lowest BCUT2D eigenvalue weighted by Crippen LogP contribution is -2.32. The van der Waals surface area contributed by atoms with Crippen LogP contribution in [0.15, 0.2) is 18.2 Å². The Kier molecular flexibility index (Phi) is 4.82. The molecule has 1 saturated heterocycles. The van der Waals surface area contributed by atoms with E-state index in [9.17, 15) is 13.2 Å². The van der Waals surface area contributed by atoms with Gasteiger partial charge < -0.3 is 10.0 Å². The van der Waals surface area contributed by atoms with Gasteiger partial charge in [-0.3, -0.25) is 4.90 Å². The Morgan fingerprint density at radius 1 is 1.15 bits per heavy atom. The van der Waals surface area contributed by atoms with Crippen LogP contribution in [-0.4, -0.2) is 54.3 Å². The number of pyridine rings is 1. The van der Waals surface area contributed by atoms with Crippen LogP contribution in [0.25, 0.3) is 0 Å². The van der Waals surface area contributed by atoms with Gasteiger partial charge in [-0.25, -0.2) is 4.98 Å². The maximum Gasteiger partial charge on any atom is 0.433 e. The number of anilines is 1. The molecule has 1 N–H and O–H groups in total. The molecule has 2 rings (SSSR count). The summed E-state index contributed by atoms with van der Waals surface area (Å²) < 4.78 is 38.0. The summed E-state index contributed by atoms with van der Waals surface area (Å²) in [5, 5.41) is 8.93. The molecule has 0 aromatic carbocycles. The molecule has 0 saturated carbocycles. The predicted molar refractivity (Wildman–Crippen MR) is 69.6 cm³/mol. The van der Waals surface area contributed by atoms with Crippen molar-refractivity contribution >= 4 is 5.82 Å². The monoisotopic (exact) mass is 289 g/mol. The smallest absolute Gasteiger partial charge is 0.395 e. The Morgan fingerprint density at radius 2 is 1.95 bits per heavy atom. The maximum atomic E-state index is 12.7. The molecule has 1 aliphatic heterocycles. The summed E-state index contributed by atoms with van der Waals surface area (Å²) in [5.74, 6) is 0.366. The average molecular weight is 289 g/mol. The van der Waals surface area contributed by atoms with E-state index in [1.807, 2.05) is 4.90 Å².